The Balaban J connectivity index is 2.55. The number of rotatable bonds is 4. The summed E-state index contributed by atoms with van der Waals surface area (Å²) in [5.41, 5.74) is 0. The molecule has 1 rings (SSSR count). The zero-order valence-corrected chi connectivity index (χ0v) is 8.91. The van der Waals surface area contributed by atoms with Crippen LogP contribution >= 0.6 is 0 Å². The quantitative estimate of drug-likeness (QED) is 0.669. The second-order valence-electron chi connectivity index (χ2n) is 2.67. The molecule has 0 saturated carbocycles. The lowest BCUT2D eigenvalue weighted by atomic mass is 10.8. The fraction of sp³-hybridized carbons (Fsp3) is 0.500. The third-order valence-corrected chi connectivity index (χ3v) is 2.64. The Morgan fingerprint density at radius 1 is 1.71 bits per heavy atom. The molecule has 0 bridgehead atoms. The van der Waals surface area contributed by atoms with E-state index in [1.54, 1.807) is 31.1 Å². The fourth-order valence-corrected chi connectivity index (χ4v) is 1.78. The first-order valence-corrected chi connectivity index (χ1v) is 5.47. The Labute approximate surface area is 84.5 Å². The summed E-state index contributed by atoms with van der Waals surface area (Å²) in [6.45, 7) is 2.01. The molecule has 0 aromatic carbocycles. The summed E-state index contributed by atoms with van der Waals surface area (Å²) in [6.07, 6.45) is 3.16. The molecule has 78 valence electrons. The lowest BCUT2D eigenvalue weighted by Crippen LogP contribution is -2.14. The van der Waals surface area contributed by atoms with Gasteiger partial charge in [0.05, 0.1) is 23.7 Å². The molecule has 0 aliphatic heterocycles. The number of aryl methyl sites for hydroxylation is 1. The highest BCUT2D eigenvalue weighted by atomic mass is 32.2. The van der Waals surface area contributed by atoms with Crippen molar-refractivity contribution in [1.82, 2.24) is 9.55 Å². The van der Waals surface area contributed by atoms with E-state index in [1.807, 2.05) is 0 Å². The summed E-state index contributed by atoms with van der Waals surface area (Å²) < 4.78 is 17.8. The molecule has 0 N–H and O–H groups in total. The van der Waals surface area contributed by atoms with Crippen LogP contribution in [0.2, 0.25) is 0 Å². The maximum absolute atomic E-state index is 11.5. The number of carbonyl (C=O) groups is 1. The highest BCUT2D eigenvalue weighted by Gasteiger charge is 2.12. The maximum Gasteiger partial charge on any atom is 0.318 e. The largest absolute Gasteiger partial charge is 0.465 e. The van der Waals surface area contributed by atoms with Crippen LogP contribution in [0, 0.1) is 0 Å². The molecule has 1 heterocycles. The Bertz CT molecular complexity index is 348. The van der Waals surface area contributed by atoms with Crippen molar-refractivity contribution in [3.8, 4) is 0 Å². The molecule has 0 aliphatic rings. The van der Waals surface area contributed by atoms with E-state index in [9.17, 15) is 9.00 Å². The fourth-order valence-electron chi connectivity index (χ4n) is 0.890. The first-order chi connectivity index (χ1) is 6.63. The lowest BCUT2D eigenvalue weighted by Gasteiger charge is -1.99. The summed E-state index contributed by atoms with van der Waals surface area (Å²) in [5, 5.41) is 0.403. The molecule has 5 nitrogen and oxygen atoms in total. The lowest BCUT2D eigenvalue weighted by molar-refractivity contribution is -0.139. The van der Waals surface area contributed by atoms with Crippen LogP contribution in [0.15, 0.2) is 17.6 Å². The van der Waals surface area contributed by atoms with Crippen LogP contribution < -0.4 is 0 Å². The zero-order valence-electron chi connectivity index (χ0n) is 8.10. The summed E-state index contributed by atoms with van der Waals surface area (Å²) in [5.74, 6) is -0.596. The van der Waals surface area contributed by atoms with Crippen molar-refractivity contribution in [3.63, 3.8) is 0 Å². The molecule has 0 fully saturated rings. The normalized spacial score (nSPS) is 12.4. The standard InChI is InChI=1S/C8H12N2O3S/c1-3-13-8(11)5-14(12)7-4-10(2)6-9-7/h4,6H,3,5H2,1-2H3. The van der Waals surface area contributed by atoms with Crippen LogP contribution in [0.3, 0.4) is 0 Å². The smallest absolute Gasteiger partial charge is 0.318 e. The second kappa shape index (κ2) is 4.90. The van der Waals surface area contributed by atoms with E-state index in [0.717, 1.165) is 0 Å². The summed E-state index contributed by atoms with van der Waals surface area (Å²) in [6, 6.07) is 0. The van der Waals surface area contributed by atoms with Gasteiger partial charge in [0.2, 0.25) is 0 Å². The zero-order chi connectivity index (χ0) is 10.6. The first-order valence-electron chi connectivity index (χ1n) is 4.15. The highest BCUT2D eigenvalue weighted by molar-refractivity contribution is 7.85. The van der Waals surface area contributed by atoms with Gasteiger partial charge in [0, 0.05) is 13.2 Å². The highest BCUT2D eigenvalue weighted by Crippen LogP contribution is 2.02. The van der Waals surface area contributed by atoms with Gasteiger partial charge < -0.3 is 9.30 Å². The van der Waals surface area contributed by atoms with Crippen molar-refractivity contribution < 1.29 is 13.7 Å². The van der Waals surface area contributed by atoms with Gasteiger partial charge in [0.1, 0.15) is 10.8 Å². The van der Waals surface area contributed by atoms with Crippen LogP contribution in [0.4, 0.5) is 0 Å². The Hall–Kier alpha value is -1.17. The number of aromatic nitrogens is 2. The number of hydrogen-bond donors (Lipinski definition) is 0. The monoisotopic (exact) mass is 216 g/mol. The number of ether oxygens (including phenoxy) is 1. The van der Waals surface area contributed by atoms with Crippen LogP contribution in [0.25, 0.3) is 0 Å². The van der Waals surface area contributed by atoms with E-state index in [-0.39, 0.29) is 5.75 Å². The minimum atomic E-state index is -1.40. The molecule has 0 aliphatic carbocycles. The predicted octanol–water partition coefficient (Wildman–Crippen LogP) is 0.0908. The van der Waals surface area contributed by atoms with Crippen molar-refractivity contribution in [2.24, 2.45) is 7.05 Å². The number of esters is 1. The van der Waals surface area contributed by atoms with E-state index in [2.05, 4.69) is 9.72 Å². The topological polar surface area (TPSA) is 61.2 Å². The first kappa shape index (κ1) is 10.9. The van der Waals surface area contributed by atoms with E-state index in [0.29, 0.717) is 11.6 Å². The van der Waals surface area contributed by atoms with Gasteiger partial charge in [-0.05, 0) is 6.92 Å². The predicted molar refractivity (Wildman–Crippen MR) is 51.1 cm³/mol. The van der Waals surface area contributed by atoms with Gasteiger partial charge in [-0.1, -0.05) is 0 Å². The molecule has 0 spiro atoms. The average molecular weight is 216 g/mol. The molecule has 6 heteroatoms. The SMILES string of the molecule is CCOC(=O)CS(=O)c1cn(C)cn1. The van der Waals surface area contributed by atoms with Gasteiger partial charge in [-0.2, -0.15) is 0 Å². The van der Waals surface area contributed by atoms with Gasteiger partial charge in [-0.15, -0.1) is 0 Å². The molecule has 0 amide bonds. The Morgan fingerprint density at radius 2 is 2.43 bits per heavy atom. The minimum Gasteiger partial charge on any atom is -0.465 e. The molecular formula is C8H12N2O3S. The molecule has 0 radical (unpaired) electrons. The molecule has 0 saturated heterocycles. The number of hydrogen-bond acceptors (Lipinski definition) is 4. The van der Waals surface area contributed by atoms with Crippen molar-refractivity contribution >= 4 is 16.8 Å². The molecule has 1 aromatic heterocycles. The third kappa shape index (κ3) is 2.95. The molecule has 1 aromatic rings. The van der Waals surface area contributed by atoms with Gasteiger partial charge in [0.25, 0.3) is 0 Å². The Morgan fingerprint density at radius 3 is 2.93 bits per heavy atom. The summed E-state index contributed by atoms with van der Waals surface area (Å²) in [7, 11) is 0.375. The van der Waals surface area contributed by atoms with Crippen LogP contribution in [-0.2, 0) is 27.4 Å². The van der Waals surface area contributed by atoms with Crippen LogP contribution in [0.1, 0.15) is 6.92 Å². The second-order valence-corrected chi connectivity index (χ2v) is 4.07. The van der Waals surface area contributed by atoms with Gasteiger partial charge in [-0.25, -0.2) is 4.98 Å². The van der Waals surface area contributed by atoms with Gasteiger partial charge in [-0.3, -0.25) is 9.00 Å². The van der Waals surface area contributed by atoms with Crippen molar-refractivity contribution in [1.29, 1.82) is 0 Å². The Kier molecular flexibility index (Phi) is 3.82. The molecular weight excluding hydrogens is 204 g/mol. The van der Waals surface area contributed by atoms with Crippen molar-refractivity contribution in [2.45, 2.75) is 11.9 Å². The average Bonchev–Trinajstić information content (AvgIpc) is 2.52. The third-order valence-electron chi connectivity index (χ3n) is 1.47. The van der Waals surface area contributed by atoms with Crippen molar-refractivity contribution in [3.05, 3.63) is 12.5 Å². The number of imidazole rings is 1. The maximum atomic E-state index is 11.5. The van der Waals surface area contributed by atoms with E-state index in [1.165, 1.54) is 0 Å². The number of carbonyl (C=O) groups excluding carboxylic acids is 1. The van der Waals surface area contributed by atoms with Crippen LogP contribution in [0.5, 0.6) is 0 Å². The van der Waals surface area contributed by atoms with Gasteiger partial charge >= 0.3 is 5.97 Å². The molecule has 14 heavy (non-hydrogen) atoms. The van der Waals surface area contributed by atoms with E-state index >= 15 is 0 Å². The van der Waals surface area contributed by atoms with Crippen LogP contribution in [-0.4, -0.2) is 32.1 Å². The van der Waals surface area contributed by atoms with E-state index in [4.69, 9.17) is 0 Å². The number of nitrogens with zero attached hydrogens (tertiary/aromatic N) is 2. The van der Waals surface area contributed by atoms with E-state index < -0.39 is 16.8 Å². The summed E-state index contributed by atoms with van der Waals surface area (Å²) in [4.78, 5) is 14.9. The van der Waals surface area contributed by atoms with Gasteiger partial charge in [0.15, 0.2) is 0 Å². The molecule has 1 unspecified atom stereocenters. The van der Waals surface area contributed by atoms with Crippen molar-refractivity contribution in [2.75, 3.05) is 12.4 Å². The molecule has 1 atom stereocenters. The minimum absolute atomic E-state index is 0.134. The summed E-state index contributed by atoms with van der Waals surface area (Å²) >= 11 is 0.